The molecule has 0 saturated carbocycles. The van der Waals surface area contributed by atoms with Crippen LogP contribution in [-0.4, -0.2) is 14.8 Å². The van der Waals surface area contributed by atoms with Crippen LogP contribution in [0, 0.1) is 0 Å². The van der Waals surface area contributed by atoms with Crippen molar-refractivity contribution >= 4 is 39.1 Å². The molecule has 0 aromatic carbocycles. The number of halogens is 3. The number of rotatable bonds is 2. The van der Waals surface area contributed by atoms with Crippen LogP contribution in [0.15, 0.2) is 29.1 Å². The van der Waals surface area contributed by atoms with Crippen LogP contribution in [0.1, 0.15) is 5.56 Å². The van der Waals surface area contributed by atoms with E-state index in [4.69, 9.17) is 23.2 Å². The second-order valence-electron chi connectivity index (χ2n) is 2.95. The number of hydrogen-bond donors (Lipinski definition) is 0. The van der Waals surface area contributed by atoms with Gasteiger partial charge in [-0.25, -0.2) is 4.98 Å². The van der Waals surface area contributed by atoms with Crippen LogP contribution in [0.4, 0.5) is 0 Å². The van der Waals surface area contributed by atoms with E-state index >= 15 is 0 Å². The predicted octanol–water partition coefficient (Wildman–Crippen LogP) is 3.40. The van der Waals surface area contributed by atoms with Crippen LogP contribution in [0.2, 0.25) is 10.2 Å². The topological polar surface area (TPSA) is 30.7 Å². The lowest BCUT2D eigenvalue weighted by Crippen LogP contribution is -2.01. The molecule has 3 nitrogen and oxygen atoms in total. The Hall–Kier alpha value is -0.580. The van der Waals surface area contributed by atoms with Gasteiger partial charge in [-0.2, -0.15) is 5.10 Å². The molecule has 15 heavy (non-hydrogen) atoms. The van der Waals surface area contributed by atoms with Crippen LogP contribution in [0.3, 0.4) is 0 Å². The van der Waals surface area contributed by atoms with E-state index in [1.165, 1.54) is 0 Å². The summed E-state index contributed by atoms with van der Waals surface area (Å²) in [6.07, 6.45) is 5.24. The molecule has 2 aromatic rings. The zero-order valence-corrected chi connectivity index (χ0v) is 10.6. The third-order valence-electron chi connectivity index (χ3n) is 1.83. The van der Waals surface area contributed by atoms with E-state index in [2.05, 4.69) is 26.0 Å². The molecule has 0 aliphatic carbocycles. The van der Waals surface area contributed by atoms with Gasteiger partial charge in [0.15, 0.2) is 0 Å². The number of nitrogens with zero attached hydrogens (tertiary/aromatic N) is 3. The van der Waals surface area contributed by atoms with Gasteiger partial charge in [-0.1, -0.05) is 23.2 Å². The first-order valence-electron chi connectivity index (χ1n) is 4.13. The largest absolute Gasteiger partial charge is 0.267 e. The second kappa shape index (κ2) is 4.51. The fourth-order valence-electron chi connectivity index (χ4n) is 1.15. The smallest absolute Gasteiger partial charge is 0.130 e. The Bertz CT molecular complexity index is 484. The zero-order chi connectivity index (χ0) is 10.8. The first-order valence-corrected chi connectivity index (χ1v) is 5.68. The van der Waals surface area contributed by atoms with Gasteiger partial charge in [0.1, 0.15) is 5.15 Å². The van der Waals surface area contributed by atoms with Gasteiger partial charge in [-0.15, -0.1) is 0 Å². The molecule has 0 aliphatic rings. The predicted molar refractivity (Wildman–Crippen MR) is 63.3 cm³/mol. The minimum absolute atomic E-state index is 0.394. The summed E-state index contributed by atoms with van der Waals surface area (Å²) in [6.45, 7) is 0.578. The van der Waals surface area contributed by atoms with Crippen LogP contribution in [-0.2, 0) is 6.54 Å². The van der Waals surface area contributed by atoms with E-state index in [0.29, 0.717) is 16.7 Å². The van der Waals surface area contributed by atoms with Gasteiger partial charge in [0.25, 0.3) is 0 Å². The fourth-order valence-corrected chi connectivity index (χ4v) is 1.91. The minimum atomic E-state index is 0.394. The van der Waals surface area contributed by atoms with Gasteiger partial charge < -0.3 is 0 Å². The van der Waals surface area contributed by atoms with Gasteiger partial charge >= 0.3 is 0 Å². The molecule has 0 spiro atoms. The van der Waals surface area contributed by atoms with E-state index in [-0.39, 0.29) is 0 Å². The Labute approximate surface area is 105 Å². The van der Waals surface area contributed by atoms with Crippen LogP contribution in [0.5, 0.6) is 0 Å². The van der Waals surface area contributed by atoms with Gasteiger partial charge in [-0.05, 0) is 22.0 Å². The highest BCUT2D eigenvalue weighted by Crippen LogP contribution is 2.19. The molecule has 0 aliphatic heterocycles. The summed E-state index contributed by atoms with van der Waals surface area (Å²) in [5.74, 6) is 0. The lowest BCUT2D eigenvalue weighted by atomic mass is 10.3. The van der Waals surface area contributed by atoms with Crippen molar-refractivity contribution in [3.05, 3.63) is 44.9 Å². The maximum atomic E-state index is 6.01. The Balaban J connectivity index is 2.24. The third kappa shape index (κ3) is 2.71. The second-order valence-corrected chi connectivity index (χ2v) is 4.66. The molecule has 2 rings (SSSR count). The summed E-state index contributed by atoms with van der Waals surface area (Å²) in [6, 6.07) is 1.62. The molecule has 0 fully saturated rings. The monoisotopic (exact) mass is 305 g/mol. The third-order valence-corrected chi connectivity index (χ3v) is 2.80. The summed E-state index contributed by atoms with van der Waals surface area (Å²) in [7, 11) is 0. The highest BCUT2D eigenvalue weighted by Gasteiger charge is 2.04. The minimum Gasteiger partial charge on any atom is -0.267 e. The van der Waals surface area contributed by atoms with Crippen molar-refractivity contribution in [2.45, 2.75) is 6.54 Å². The van der Waals surface area contributed by atoms with Crippen LogP contribution >= 0.6 is 39.1 Å². The maximum Gasteiger partial charge on any atom is 0.130 e. The summed E-state index contributed by atoms with van der Waals surface area (Å²) in [5.41, 5.74) is 0.886. The lowest BCUT2D eigenvalue weighted by Gasteiger charge is -2.03. The Morgan fingerprint density at radius 1 is 1.33 bits per heavy atom. The van der Waals surface area contributed by atoms with Crippen LogP contribution < -0.4 is 0 Å². The van der Waals surface area contributed by atoms with E-state index in [1.807, 2.05) is 6.20 Å². The molecular formula is C9H6BrCl2N3. The normalized spacial score (nSPS) is 10.6. The molecule has 0 bridgehead atoms. The molecule has 6 heteroatoms. The van der Waals surface area contributed by atoms with Crippen molar-refractivity contribution in [1.29, 1.82) is 0 Å². The zero-order valence-electron chi connectivity index (χ0n) is 7.49. The quantitative estimate of drug-likeness (QED) is 0.796. The van der Waals surface area contributed by atoms with E-state index in [1.54, 1.807) is 23.1 Å². The van der Waals surface area contributed by atoms with Gasteiger partial charge in [0.05, 0.1) is 22.2 Å². The first kappa shape index (κ1) is 10.9. The van der Waals surface area contributed by atoms with E-state index in [9.17, 15) is 0 Å². The number of hydrogen-bond acceptors (Lipinski definition) is 2. The lowest BCUT2D eigenvalue weighted by molar-refractivity contribution is 0.685. The summed E-state index contributed by atoms with van der Waals surface area (Å²) >= 11 is 15.0. The Kier molecular flexibility index (Phi) is 3.29. The maximum absolute atomic E-state index is 6.01. The van der Waals surface area contributed by atoms with E-state index in [0.717, 1.165) is 10.0 Å². The van der Waals surface area contributed by atoms with E-state index < -0.39 is 0 Å². The first-order chi connectivity index (χ1) is 7.15. The molecular weight excluding hydrogens is 301 g/mol. The van der Waals surface area contributed by atoms with Crippen molar-refractivity contribution < 1.29 is 0 Å². The average Bonchev–Trinajstić information content (AvgIpc) is 2.56. The highest BCUT2D eigenvalue weighted by molar-refractivity contribution is 9.10. The molecule has 0 atom stereocenters. The van der Waals surface area contributed by atoms with Crippen molar-refractivity contribution in [1.82, 2.24) is 14.8 Å². The summed E-state index contributed by atoms with van der Waals surface area (Å²) in [4.78, 5) is 3.97. The molecule has 0 radical (unpaired) electrons. The molecule has 2 aromatic heterocycles. The number of pyridine rings is 1. The fraction of sp³-hybridized carbons (Fsp3) is 0.111. The molecule has 2 heterocycles. The molecule has 0 amide bonds. The molecule has 0 unspecified atom stereocenters. The van der Waals surface area contributed by atoms with Crippen molar-refractivity contribution in [2.75, 3.05) is 0 Å². The Morgan fingerprint density at radius 3 is 2.73 bits per heavy atom. The standard InChI is InChI=1S/C9H6BrCl2N3/c10-7-3-14-15(5-7)4-6-2-13-9(12)1-8(6)11/h1-3,5H,4H2. The summed E-state index contributed by atoms with van der Waals surface area (Å²) < 4.78 is 2.70. The average molecular weight is 307 g/mol. The van der Waals surface area contributed by atoms with Gasteiger partial charge in [0.2, 0.25) is 0 Å². The number of aromatic nitrogens is 3. The Morgan fingerprint density at radius 2 is 2.13 bits per heavy atom. The molecule has 0 N–H and O–H groups in total. The van der Waals surface area contributed by atoms with Crippen molar-refractivity contribution in [2.24, 2.45) is 0 Å². The summed E-state index contributed by atoms with van der Waals surface area (Å²) in [5, 5.41) is 5.12. The molecule has 0 saturated heterocycles. The van der Waals surface area contributed by atoms with Crippen molar-refractivity contribution in [3.63, 3.8) is 0 Å². The molecule has 78 valence electrons. The van der Waals surface area contributed by atoms with Crippen molar-refractivity contribution in [3.8, 4) is 0 Å². The van der Waals surface area contributed by atoms with Crippen LogP contribution in [0.25, 0.3) is 0 Å². The van der Waals surface area contributed by atoms with Gasteiger partial charge in [0, 0.05) is 18.0 Å². The SMILES string of the molecule is Clc1cc(Cl)c(Cn2cc(Br)cn2)cn1. The van der Waals surface area contributed by atoms with Gasteiger partial charge in [-0.3, -0.25) is 4.68 Å². The highest BCUT2D eigenvalue weighted by atomic mass is 79.9.